The predicted molar refractivity (Wildman–Crippen MR) is 84.9 cm³/mol. The first kappa shape index (κ1) is 19.0. The molecule has 0 heterocycles. The molecule has 1 amide bonds. The molecule has 0 bridgehead atoms. The molecule has 0 saturated carbocycles. The highest BCUT2D eigenvalue weighted by atomic mass is 16.5. The van der Waals surface area contributed by atoms with Gasteiger partial charge in [0.15, 0.2) is 0 Å². The minimum atomic E-state index is -1.22. The van der Waals surface area contributed by atoms with Crippen molar-refractivity contribution in [2.45, 2.75) is 33.2 Å². The molecular formula is C17H26N2O4. The van der Waals surface area contributed by atoms with E-state index in [1.807, 2.05) is 24.3 Å². The van der Waals surface area contributed by atoms with Crippen molar-refractivity contribution < 1.29 is 24.3 Å². The van der Waals surface area contributed by atoms with E-state index in [1.165, 1.54) is 4.90 Å². The molecule has 0 unspecified atom stereocenters. The average Bonchev–Trinajstić information content (AvgIpc) is 2.56. The molecular weight excluding hydrogens is 296 g/mol. The molecule has 1 aromatic rings. The van der Waals surface area contributed by atoms with Gasteiger partial charge in [-0.15, -0.1) is 0 Å². The van der Waals surface area contributed by atoms with Gasteiger partial charge in [-0.2, -0.15) is 0 Å². The number of likely N-dealkylation sites (N-methyl/N-ethyl adjacent to an activating group) is 1. The first-order valence-corrected chi connectivity index (χ1v) is 8.07. The summed E-state index contributed by atoms with van der Waals surface area (Å²) in [6.07, 6.45) is -0.340. The number of carboxylic acids is 1. The number of quaternary nitrogens is 1. The number of amides is 1. The van der Waals surface area contributed by atoms with Crippen LogP contribution < -0.4 is 20.1 Å². The summed E-state index contributed by atoms with van der Waals surface area (Å²) in [7, 11) is 0. The van der Waals surface area contributed by atoms with Crippen LogP contribution in [0.2, 0.25) is 0 Å². The minimum Gasteiger partial charge on any atom is -0.550 e. The first-order chi connectivity index (χ1) is 11.1. The summed E-state index contributed by atoms with van der Waals surface area (Å²) in [6, 6.07) is 7.53. The Labute approximate surface area is 137 Å². The molecule has 0 aliphatic carbocycles. The molecule has 6 nitrogen and oxygen atoms in total. The second-order valence-electron chi connectivity index (χ2n) is 5.31. The molecule has 0 fully saturated rings. The van der Waals surface area contributed by atoms with Gasteiger partial charge in [0.25, 0.3) is 0 Å². The van der Waals surface area contributed by atoms with Crippen molar-refractivity contribution in [3.63, 3.8) is 0 Å². The van der Waals surface area contributed by atoms with E-state index in [0.29, 0.717) is 13.2 Å². The van der Waals surface area contributed by atoms with Crippen LogP contribution in [0, 0.1) is 0 Å². The van der Waals surface area contributed by atoms with Gasteiger partial charge in [0.2, 0.25) is 5.91 Å². The summed E-state index contributed by atoms with van der Waals surface area (Å²) >= 11 is 0. The first-order valence-electron chi connectivity index (χ1n) is 8.07. The van der Waals surface area contributed by atoms with Gasteiger partial charge < -0.3 is 24.9 Å². The van der Waals surface area contributed by atoms with Crippen molar-refractivity contribution in [1.82, 2.24) is 5.32 Å². The molecule has 0 radical (unpaired) electrons. The highest BCUT2D eigenvalue weighted by Crippen LogP contribution is 2.17. The Balaban J connectivity index is 2.47. The molecule has 0 aliphatic rings. The summed E-state index contributed by atoms with van der Waals surface area (Å²) in [6.45, 7) is 8.29. The fourth-order valence-electron chi connectivity index (χ4n) is 2.20. The third-order valence-electron chi connectivity index (χ3n) is 3.72. The Hall–Kier alpha value is -2.08. The van der Waals surface area contributed by atoms with Gasteiger partial charge in [0, 0.05) is 24.5 Å². The highest BCUT2D eigenvalue weighted by Gasteiger charge is 2.08. The van der Waals surface area contributed by atoms with Crippen LogP contribution in [0.4, 0.5) is 0 Å². The van der Waals surface area contributed by atoms with Gasteiger partial charge in [-0.05, 0) is 26.3 Å². The zero-order valence-corrected chi connectivity index (χ0v) is 13.9. The van der Waals surface area contributed by atoms with Crippen LogP contribution >= 0.6 is 0 Å². The van der Waals surface area contributed by atoms with Gasteiger partial charge >= 0.3 is 0 Å². The zero-order valence-electron chi connectivity index (χ0n) is 13.9. The van der Waals surface area contributed by atoms with Crippen LogP contribution in [-0.2, 0) is 16.1 Å². The molecule has 0 saturated heterocycles. The van der Waals surface area contributed by atoms with Crippen molar-refractivity contribution in [2.75, 3.05) is 26.2 Å². The Morgan fingerprint density at radius 1 is 1.17 bits per heavy atom. The van der Waals surface area contributed by atoms with Crippen LogP contribution in [0.25, 0.3) is 0 Å². The van der Waals surface area contributed by atoms with Crippen LogP contribution in [-0.4, -0.2) is 38.1 Å². The van der Waals surface area contributed by atoms with E-state index in [1.54, 1.807) is 0 Å². The number of nitrogens with one attached hydrogen (secondary N) is 2. The number of hydrogen-bond acceptors (Lipinski definition) is 4. The van der Waals surface area contributed by atoms with Crippen LogP contribution in [0.1, 0.15) is 32.3 Å². The van der Waals surface area contributed by atoms with E-state index in [2.05, 4.69) is 19.2 Å². The van der Waals surface area contributed by atoms with Gasteiger partial charge in [-0.25, -0.2) is 0 Å². The van der Waals surface area contributed by atoms with E-state index in [4.69, 9.17) is 4.74 Å². The summed E-state index contributed by atoms with van der Waals surface area (Å²) < 4.78 is 5.83. The van der Waals surface area contributed by atoms with Crippen LogP contribution in [0.15, 0.2) is 24.3 Å². The summed E-state index contributed by atoms with van der Waals surface area (Å²) in [5.74, 6) is -0.779. The maximum Gasteiger partial charge on any atom is 0.220 e. The van der Waals surface area contributed by atoms with Crippen molar-refractivity contribution in [3.05, 3.63) is 29.8 Å². The molecule has 0 atom stereocenters. The number of carbonyl (C=O) groups excluding carboxylic acids is 2. The van der Waals surface area contributed by atoms with E-state index >= 15 is 0 Å². The van der Waals surface area contributed by atoms with E-state index in [0.717, 1.165) is 30.9 Å². The lowest BCUT2D eigenvalue weighted by atomic mass is 10.2. The normalized spacial score (nSPS) is 10.6. The van der Waals surface area contributed by atoms with Gasteiger partial charge in [0.1, 0.15) is 18.9 Å². The lowest BCUT2D eigenvalue weighted by Gasteiger charge is -2.17. The molecule has 128 valence electrons. The third kappa shape index (κ3) is 7.65. The minimum absolute atomic E-state index is 0.0727. The van der Waals surface area contributed by atoms with Gasteiger partial charge in [-0.3, -0.25) is 4.79 Å². The molecule has 23 heavy (non-hydrogen) atoms. The average molecular weight is 322 g/mol. The SMILES string of the molecule is CC[NH+](CC)CCOc1ccccc1CNC(=O)CCC(=O)[O-]. The maximum atomic E-state index is 11.6. The van der Waals surface area contributed by atoms with Crippen molar-refractivity contribution >= 4 is 11.9 Å². The Morgan fingerprint density at radius 3 is 2.52 bits per heavy atom. The number of carbonyl (C=O) groups is 2. The molecule has 0 spiro atoms. The number of hydrogen-bond donors (Lipinski definition) is 2. The highest BCUT2D eigenvalue weighted by molar-refractivity contribution is 5.80. The number of carboxylic acid groups (broad SMARTS) is 1. The quantitative estimate of drug-likeness (QED) is 0.555. The monoisotopic (exact) mass is 322 g/mol. The summed E-state index contributed by atoms with van der Waals surface area (Å²) in [5.41, 5.74) is 0.879. The Bertz CT molecular complexity index is 501. The van der Waals surface area contributed by atoms with E-state index < -0.39 is 5.97 Å². The number of rotatable bonds is 11. The van der Waals surface area contributed by atoms with Crippen molar-refractivity contribution in [2.24, 2.45) is 0 Å². The summed E-state index contributed by atoms with van der Waals surface area (Å²) in [4.78, 5) is 23.4. The lowest BCUT2D eigenvalue weighted by Crippen LogP contribution is -3.12. The maximum absolute atomic E-state index is 11.6. The lowest BCUT2D eigenvalue weighted by molar-refractivity contribution is -0.896. The van der Waals surface area contributed by atoms with Gasteiger partial charge in [-0.1, -0.05) is 18.2 Å². The van der Waals surface area contributed by atoms with Crippen LogP contribution in [0.5, 0.6) is 5.75 Å². The van der Waals surface area contributed by atoms with Gasteiger partial charge in [0.05, 0.1) is 13.1 Å². The second-order valence-corrected chi connectivity index (χ2v) is 5.31. The van der Waals surface area contributed by atoms with E-state index in [-0.39, 0.29) is 18.7 Å². The second kappa shape index (κ2) is 10.6. The fourth-order valence-corrected chi connectivity index (χ4v) is 2.20. The number of ether oxygens (including phenoxy) is 1. The Kier molecular flexibility index (Phi) is 8.75. The molecule has 1 aromatic carbocycles. The molecule has 0 aromatic heterocycles. The molecule has 1 rings (SSSR count). The smallest absolute Gasteiger partial charge is 0.220 e. The standard InChI is InChI=1S/C17H26N2O4/c1-3-19(4-2)11-12-23-15-8-6-5-7-14(15)13-18-16(20)9-10-17(21)22/h5-8H,3-4,9-13H2,1-2H3,(H,18,20)(H,21,22). The third-order valence-corrected chi connectivity index (χ3v) is 3.72. The number of benzene rings is 1. The molecule has 6 heteroatoms. The molecule has 0 aliphatic heterocycles. The Morgan fingerprint density at radius 2 is 1.87 bits per heavy atom. The number of aliphatic carboxylic acids is 1. The number of para-hydroxylation sites is 1. The molecule has 2 N–H and O–H groups in total. The topological polar surface area (TPSA) is 82.9 Å². The largest absolute Gasteiger partial charge is 0.550 e. The zero-order chi connectivity index (χ0) is 17.1. The van der Waals surface area contributed by atoms with E-state index in [9.17, 15) is 14.7 Å². The van der Waals surface area contributed by atoms with Crippen LogP contribution in [0.3, 0.4) is 0 Å². The predicted octanol–water partition coefficient (Wildman–Crippen LogP) is -0.864. The summed E-state index contributed by atoms with van der Waals surface area (Å²) in [5, 5.41) is 13.0. The van der Waals surface area contributed by atoms with Crippen molar-refractivity contribution in [3.8, 4) is 5.75 Å². The van der Waals surface area contributed by atoms with Crippen molar-refractivity contribution in [1.29, 1.82) is 0 Å². The fraction of sp³-hybridized carbons (Fsp3) is 0.529.